The summed E-state index contributed by atoms with van der Waals surface area (Å²) >= 11 is 0. The molecule has 3 aliphatic rings. The Morgan fingerprint density at radius 1 is 0.617 bits per heavy atom. The molecule has 0 aliphatic carbocycles. The first-order chi connectivity index (χ1) is 29.5. The third-order valence-electron chi connectivity index (χ3n) is 10.7. The number of carbonyl (C=O) groups excluding carboxylic acids is 1. The Morgan fingerprint density at radius 2 is 1.17 bits per heavy atom. The van der Waals surface area contributed by atoms with Crippen molar-refractivity contribution >= 4 is 5.97 Å². The van der Waals surface area contributed by atoms with Crippen LogP contribution in [0.5, 0.6) is 0 Å². The maximum atomic E-state index is 14.1. The molecule has 5 aromatic carbocycles. The van der Waals surface area contributed by atoms with Crippen LogP contribution in [0.15, 0.2) is 152 Å². The van der Waals surface area contributed by atoms with Gasteiger partial charge in [-0.05, 0) is 28.8 Å². The minimum atomic E-state index is -1.36. The van der Waals surface area contributed by atoms with Gasteiger partial charge in [0.15, 0.2) is 25.0 Å². The summed E-state index contributed by atoms with van der Waals surface area (Å²) in [5, 5.41) is 11.9. The smallest absolute Gasteiger partial charge is 0.338 e. The van der Waals surface area contributed by atoms with Gasteiger partial charge in [-0.15, -0.1) is 0 Å². The lowest BCUT2D eigenvalue weighted by molar-refractivity contribution is -0.393. The van der Waals surface area contributed by atoms with E-state index in [0.29, 0.717) is 12.2 Å². The molecule has 0 spiro atoms. The van der Waals surface area contributed by atoms with Crippen LogP contribution >= 0.6 is 0 Å². The second-order valence-corrected chi connectivity index (χ2v) is 14.8. The van der Waals surface area contributed by atoms with E-state index < -0.39 is 73.7 Å². The van der Waals surface area contributed by atoms with Crippen LogP contribution in [-0.4, -0.2) is 92.8 Å². The van der Waals surface area contributed by atoms with Gasteiger partial charge < -0.3 is 52.5 Å². The molecule has 0 unspecified atom stereocenters. The van der Waals surface area contributed by atoms with Gasteiger partial charge in [0.2, 0.25) is 0 Å². The molecule has 314 valence electrons. The lowest BCUT2D eigenvalue weighted by Crippen LogP contribution is -2.67. The van der Waals surface area contributed by atoms with Crippen molar-refractivity contribution in [2.75, 3.05) is 20.3 Å². The number of hydrogen-bond donors (Lipinski definition) is 1. The monoisotopic (exact) mass is 818 g/mol. The summed E-state index contributed by atoms with van der Waals surface area (Å²) in [6.45, 7) is 0.833. The first-order valence-electron chi connectivity index (χ1n) is 20.2. The molecule has 3 aliphatic heterocycles. The standard InChI is InChI=1S/C48H50O12/c1-51-47-39(49)42(41-38(56-47)31-55-46(59-41)36-25-15-6-16-26-36)60-48-44(58-45(50)35-23-13-5-14-24-35)43(54-29-34-21-11-4-12-22-34)40(53-28-33-19-9-3-10-20-33)37(57-48)30-52-27-32-17-7-2-8-18-32/h2-26,37-44,46-49H,27-31H2,1H3/t37-,38-,39+,40-,41-,42-,43+,44-,46+,47+,48+/m1/s1. The van der Waals surface area contributed by atoms with Gasteiger partial charge in [0.25, 0.3) is 0 Å². The third kappa shape index (κ3) is 10.4. The van der Waals surface area contributed by atoms with Crippen LogP contribution in [-0.2, 0) is 67.2 Å². The highest BCUT2D eigenvalue weighted by Gasteiger charge is 2.56. The number of ether oxygens (including phenoxy) is 10. The lowest BCUT2D eigenvalue weighted by Gasteiger charge is -2.50. The van der Waals surface area contributed by atoms with Crippen LogP contribution in [0.1, 0.15) is 38.9 Å². The number of fused-ring (bicyclic) bond motifs is 1. The predicted molar refractivity (Wildman–Crippen MR) is 217 cm³/mol. The zero-order chi connectivity index (χ0) is 41.1. The number of aliphatic hydroxyl groups is 1. The molecule has 0 amide bonds. The highest BCUT2D eigenvalue weighted by Crippen LogP contribution is 2.39. The van der Waals surface area contributed by atoms with Crippen LogP contribution in [0.4, 0.5) is 0 Å². The molecule has 0 bridgehead atoms. The summed E-state index contributed by atoms with van der Waals surface area (Å²) in [4.78, 5) is 14.1. The number of carbonyl (C=O) groups is 1. The second kappa shape index (κ2) is 20.6. The van der Waals surface area contributed by atoms with Crippen molar-refractivity contribution in [2.24, 2.45) is 0 Å². The van der Waals surface area contributed by atoms with Crippen LogP contribution < -0.4 is 0 Å². The second-order valence-electron chi connectivity index (χ2n) is 14.8. The van der Waals surface area contributed by atoms with Crippen LogP contribution in [0.2, 0.25) is 0 Å². The molecule has 3 heterocycles. The van der Waals surface area contributed by atoms with Gasteiger partial charge in [-0.1, -0.05) is 140 Å². The maximum Gasteiger partial charge on any atom is 0.338 e. The topological polar surface area (TPSA) is 130 Å². The average Bonchev–Trinajstić information content (AvgIpc) is 3.30. The minimum absolute atomic E-state index is 0.0578. The summed E-state index contributed by atoms with van der Waals surface area (Å²) < 4.78 is 64.4. The molecule has 0 radical (unpaired) electrons. The SMILES string of the molecule is CO[C@H]1O[C@@H]2CO[C@H](c3ccccc3)O[C@H]2[C@H](O[C@@H]2O[C@H](COCc3ccccc3)[C@@H](OCc3ccccc3)[C@H](OCc3ccccc3)[C@H]2OC(=O)c2ccccc2)[C@@H]1O. The third-order valence-corrected chi connectivity index (χ3v) is 10.7. The van der Waals surface area contributed by atoms with Crippen molar-refractivity contribution in [2.45, 2.75) is 87.5 Å². The van der Waals surface area contributed by atoms with E-state index >= 15 is 0 Å². The highest BCUT2D eigenvalue weighted by atomic mass is 16.8. The van der Waals surface area contributed by atoms with E-state index in [0.717, 1.165) is 22.3 Å². The summed E-state index contributed by atoms with van der Waals surface area (Å²) in [6, 6.07) is 47.4. The van der Waals surface area contributed by atoms with Gasteiger partial charge >= 0.3 is 5.97 Å². The van der Waals surface area contributed by atoms with Crippen molar-refractivity contribution in [3.05, 3.63) is 179 Å². The molecule has 12 heteroatoms. The summed E-state index contributed by atoms with van der Waals surface area (Å²) in [7, 11) is 1.44. The summed E-state index contributed by atoms with van der Waals surface area (Å²) in [5.41, 5.74) is 3.89. The van der Waals surface area contributed by atoms with Gasteiger partial charge in [-0.25, -0.2) is 4.79 Å². The molecular weight excluding hydrogens is 769 g/mol. The van der Waals surface area contributed by atoms with E-state index in [9.17, 15) is 9.90 Å². The molecular formula is C48H50O12. The summed E-state index contributed by atoms with van der Waals surface area (Å²) in [6.07, 6.45) is -11.1. The first kappa shape index (κ1) is 41.9. The fraction of sp³-hybridized carbons (Fsp3) is 0.354. The molecule has 5 aromatic rings. The fourth-order valence-corrected chi connectivity index (χ4v) is 7.65. The summed E-state index contributed by atoms with van der Waals surface area (Å²) in [5.74, 6) is -0.627. The van der Waals surface area contributed by atoms with Crippen molar-refractivity contribution in [3.8, 4) is 0 Å². The minimum Gasteiger partial charge on any atom is -0.450 e. The van der Waals surface area contributed by atoms with Gasteiger partial charge in [0.05, 0.1) is 38.6 Å². The molecule has 11 atom stereocenters. The first-order valence-corrected chi connectivity index (χ1v) is 20.2. The number of benzene rings is 5. The van der Waals surface area contributed by atoms with E-state index in [-0.39, 0.29) is 26.4 Å². The zero-order valence-corrected chi connectivity index (χ0v) is 33.3. The Balaban J connectivity index is 1.16. The Morgan fingerprint density at radius 3 is 1.77 bits per heavy atom. The molecule has 8 rings (SSSR count). The van der Waals surface area contributed by atoms with Crippen molar-refractivity contribution in [1.82, 2.24) is 0 Å². The molecule has 60 heavy (non-hydrogen) atoms. The molecule has 3 saturated heterocycles. The molecule has 0 saturated carbocycles. The Bertz CT molecular complexity index is 2030. The largest absolute Gasteiger partial charge is 0.450 e. The van der Waals surface area contributed by atoms with Gasteiger partial charge in [0.1, 0.15) is 42.7 Å². The van der Waals surface area contributed by atoms with Gasteiger partial charge in [-0.2, -0.15) is 0 Å². The van der Waals surface area contributed by atoms with E-state index in [1.54, 1.807) is 24.3 Å². The molecule has 12 nitrogen and oxygen atoms in total. The maximum absolute atomic E-state index is 14.1. The molecule has 3 fully saturated rings. The number of rotatable bonds is 16. The van der Waals surface area contributed by atoms with Crippen molar-refractivity contribution < 1.29 is 57.3 Å². The van der Waals surface area contributed by atoms with Crippen LogP contribution in [0.25, 0.3) is 0 Å². The lowest BCUT2D eigenvalue weighted by atomic mass is 9.95. The van der Waals surface area contributed by atoms with Gasteiger partial charge in [0, 0.05) is 12.7 Å². The van der Waals surface area contributed by atoms with Crippen molar-refractivity contribution in [1.29, 1.82) is 0 Å². The predicted octanol–water partition coefficient (Wildman–Crippen LogP) is 6.56. The number of aliphatic hydroxyl groups excluding tert-OH is 1. The normalized spacial score (nSPS) is 29.0. The average molecular weight is 819 g/mol. The van der Waals surface area contributed by atoms with E-state index in [1.165, 1.54) is 7.11 Å². The highest BCUT2D eigenvalue weighted by molar-refractivity contribution is 5.89. The Hall–Kier alpha value is -4.83. The quantitative estimate of drug-likeness (QED) is 0.108. The number of esters is 1. The Labute approximate surface area is 349 Å². The fourth-order valence-electron chi connectivity index (χ4n) is 7.65. The zero-order valence-electron chi connectivity index (χ0n) is 33.3. The number of hydrogen-bond acceptors (Lipinski definition) is 12. The molecule has 1 N–H and O–H groups in total. The number of methoxy groups -OCH3 is 1. The van der Waals surface area contributed by atoms with Crippen molar-refractivity contribution in [3.63, 3.8) is 0 Å². The van der Waals surface area contributed by atoms with E-state index in [1.807, 2.05) is 127 Å². The molecule has 0 aromatic heterocycles. The van der Waals surface area contributed by atoms with Gasteiger partial charge in [-0.3, -0.25) is 0 Å². The van der Waals surface area contributed by atoms with Crippen LogP contribution in [0, 0.1) is 0 Å². The Kier molecular flexibility index (Phi) is 14.4. The van der Waals surface area contributed by atoms with E-state index in [2.05, 4.69) is 0 Å². The van der Waals surface area contributed by atoms with Crippen LogP contribution in [0.3, 0.4) is 0 Å². The van der Waals surface area contributed by atoms with E-state index in [4.69, 9.17) is 47.4 Å².